The van der Waals surface area contributed by atoms with Gasteiger partial charge < -0.3 is 9.73 Å². The number of sulfonamides is 1. The Balaban J connectivity index is 1.50. The first-order valence-electron chi connectivity index (χ1n) is 9.21. The van der Waals surface area contributed by atoms with Crippen LogP contribution >= 0.6 is 0 Å². The summed E-state index contributed by atoms with van der Waals surface area (Å²) in [7, 11) is -3.56. The summed E-state index contributed by atoms with van der Waals surface area (Å²) in [5, 5.41) is 3.70. The van der Waals surface area contributed by atoms with Crippen molar-refractivity contribution in [3.05, 3.63) is 59.4 Å². The van der Waals surface area contributed by atoms with Crippen LogP contribution in [0.2, 0.25) is 0 Å². The van der Waals surface area contributed by atoms with Gasteiger partial charge in [-0.3, -0.25) is 4.79 Å². The number of carbonyl (C=O) groups excluding carboxylic acids is 1. The van der Waals surface area contributed by atoms with Crippen molar-refractivity contribution >= 4 is 32.6 Å². The van der Waals surface area contributed by atoms with Gasteiger partial charge in [-0.1, -0.05) is 6.07 Å². The van der Waals surface area contributed by atoms with E-state index in [1.165, 1.54) is 12.1 Å². The number of furan rings is 1. The van der Waals surface area contributed by atoms with E-state index < -0.39 is 10.0 Å². The second kappa shape index (κ2) is 7.07. The lowest BCUT2D eigenvalue weighted by atomic mass is 10.0. The van der Waals surface area contributed by atoms with Gasteiger partial charge in [0.1, 0.15) is 5.58 Å². The molecule has 1 aliphatic carbocycles. The fourth-order valence-corrected chi connectivity index (χ4v) is 4.43. The summed E-state index contributed by atoms with van der Waals surface area (Å²) >= 11 is 0. The van der Waals surface area contributed by atoms with E-state index in [0.717, 1.165) is 40.5 Å². The maximum absolute atomic E-state index is 12.5. The summed E-state index contributed by atoms with van der Waals surface area (Å²) in [6.07, 6.45) is 3.48. The number of nitrogens with one attached hydrogen (secondary N) is 2. The Morgan fingerprint density at radius 3 is 2.64 bits per heavy atom. The molecule has 1 fully saturated rings. The zero-order valence-corrected chi connectivity index (χ0v) is 16.6. The molecule has 2 aromatic carbocycles. The molecule has 0 aliphatic heterocycles. The molecule has 3 aromatic rings. The molecule has 0 bridgehead atoms. The van der Waals surface area contributed by atoms with Gasteiger partial charge in [0.15, 0.2) is 0 Å². The van der Waals surface area contributed by atoms with Gasteiger partial charge in [0, 0.05) is 22.7 Å². The maximum Gasteiger partial charge on any atom is 0.240 e. The summed E-state index contributed by atoms with van der Waals surface area (Å²) in [4.78, 5) is 12.7. The lowest BCUT2D eigenvalue weighted by Gasteiger charge is -2.09. The highest BCUT2D eigenvalue weighted by atomic mass is 32.2. The fraction of sp³-hybridized carbons (Fsp3) is 0.286. The van der Waals surface area contributed by atoms with Crippen LogP contribution in [0.1, 0.15) is 29.5 Å². The summed E-state index contributed by atoms with van der Waals surface area (Å²) in [6, 6.07) is 10.3. The highest BCUT2D eigenvalue weighted by Gasteiger charge is 2.28. The first-order valence-corrected chi connectivity index (χ1v) is 10.7. The lowest BCUT2D eigenvalue weighted by molar-refractivity contribution is -0.115. The summed E-state index contributed by atoms with van der Waals surface area (Å²) in [5.74, 6) is -0.231. The number of amides is 1. The van der Waals surface area contributed by atoms with Gasteiger partial charge in [0.05, 0.1) is 17.6 Å². The van der Waals surface area contributed by atoms with E-state index in [2.05, 4.69) is 10.0 Å². The van der Waals surface area contributed by atoms with Crippen molar-refractivity contribution in [1.82, 2.24) is 4.72 Å². The number of hydrogen-bond acceptors (Lipinski definition) is 4. The first kappa shape index (κ1) is 18.7. The van der Waals surface area contributed by atoms with Crippen LogP contribution in [0.3, 0.4) is 0 Å². The molecule has 0 radical (unpaired) electrons. The third kappa shape index (κ3) is 3.95. The van der Waals surface area contributed by atoms with Gasteiger partial charge in [-0.15, -0.1) is 0 Å². The van der Waals surface area contributed by atoms with Crippen molar-refractivity contribution in [2.75, 3.05) is 5.32 Å². The minimum absolute atomic E-state index is 0.0321. The van der Waals surface area contributed by atoms with Gasteiger partial charge >= 0.3 is 0 Å². The quantitative estimate of drug-likeness (QED) is 0.663. The molecule has 7 heteroatoms. The largest absolute Gasteiger partial charge is 0.464 e. The SMILES string of the molecule is Cc1cc2occ(CC(=O)Nc3cccc(S(=O)(=O)NC4CC4)c3)c2cc1C. The Morgan fingerprint density at radius 2 is 1.89 bits per heavy atom. The second-order valence-electron chi connectivity index (χ2n) is 7.34. The number of hydrogen-bond donors (Lipinski definition) is 2. The molecule has 1 saturated carbocycles. The molecule has 0 saturated heterocycles. The van der Waals surface area contributed by atoms with E-state index in [9.17, 15) is 13.2 Å². The highest BCUT2D eigenvalue weighted by Crippen LogP contribution is 2.26. The highest BCUT2D eigenvalue weighted by molar-refractivity contribution is 7.89. The fourth-order valence-electron chi connectivity index (χ4n) is 3.08. The normalized spacial score (nSPS) is 14.4. The van der Waals surface area contributed by atoms with E-state index in [1.807, 2.05) is 26.0 Å². The molecule has 0 atom stereocenters. The molecule has 0 spiro atoms. The van der Waals surface area contributed by atoms with Crippen LogP contribution in [0, 0.1) is 13.8 Å². The smallest absolute Gasteiger partial charge is 0.240 e. The number of rotatable bonds is 6. The van der Waals surface area contributed by atoms with E-state index in [4.69, 9.17) is 4.42 Å². The zero-order chi connectivity index (χ0) is 19.9. The van der Waals surface area contributed by atoms with Crippen LogP contribution in [-0.4, -0.2) is 20.4 Å². The summed E-state index contributed by atoms with van der Waals surface area (Å²) in [5.41, 5.74) is 4.27. The predicted octanol–water partition coefficient (Wildman–Crippen LogP) is 3.67. The third-order valence-corrected chi connectivity index (χ3v) is 6.47. The Labute approximate surface area is 164 Å². The van der Waals surface area contributed by atoms with Crippen molar-refractivity contribution in [3.63, 3.8) is 0 Å². The van der Waals surface area contributed by atoms with Crippen LogP contribution in [0.15, 0.2) is 52.0 Å². The van der Waals surface area contributed by atoms with E-state index in [-0.39, 0.29) is 23.3 Å². The van der Waals surface area contributed by atoms with Gasteiger partial charge in [-0.05, 0) is 68.1 Å². The molecule has 2 N–H and O–H groups in total. The molecule has 28 heavy (non-hydrogen) atoms. The predicted molar refractivity (Wildman–Crippen MR) is 108 cm³/mol. The van der Waals surface area contributed by atoms with Crippen LogP contribution in [0.4, 0.5) is 5.69 Å². The number of fused-ring (bicyclic) bond motifs is 1. The van der Waals surface area contributed by atoms with Gasteiger partial charge in [0.2, 0.25) is 15.9 Å². The van der Waals surface area contributed by atoms with Crippen LogP contribution < -0.4 is 10.0 Å². The van der Waals surface area contributed by atoms with Crippen LogP contribution in [0.5, 0.6) is 0 Å². The minimum atomic E-state index is -3.56. The van der Waals surface area contributed by atoms with E-state index in [1.54, 1.807) is 18.4 Å². The molecule has 1 amide bonds. The standard InChI is InChI=1S/C21H22N2O4S/c1-13-8-19-15(12-27-20(19)9-14(13)2)10-21(24)22-17-4-3-5-18(11-17)28(25,26)23-16-6-7-16/h3-5,8-9,11-12,16,23H,6-7,10H2,1-2H3,(H,22,24). The number of carbonyl (C=O) groups is 1. The summed E-state index contributed by atoms with van der Waals surface area (Å²) < 4.78 is 32.9. The monoisotopic (exact) mass is 398 g/mol. The molecular formula is C21H22N2O4S. The average Bonchev–Trinajstić information content (AvgIpc) is 3.37. The van der Waals surface area contributed by atoms with Crippen molar-refractivity contribution in [3.8, 4) is 0 Å². The topological polar surface area (TPSA) is 88.4 Å². The zero-order valence-electron chi connectivity index (χ0n) is 15.8. The third-order valence-electron chi connectivity index (χ3n) is 4.95. The first-order chi connectivity index (χ1) is 13.3. The van der Waals surface area contributed by atoms with Crippen molar-refractivity contribution in [2.24, 2.45) is 0 Å². The molecule has 1 aliphatic rings. The van der Waals surface area contributed by atoms with Crippen molar-refractivity contribution in [2.45, 2.75) is 44.0 Å². The number of anilines is 1. The maximum atomic E-state index is 12.5. The van der Waals surface area contributed by atoms with Gasteiger partial charge in [0.25, 0.3) is 0 Å². The molecular weight excluding hydrogens is 376 g/mol. The Hall–Kier alpha value is -2.64. The molecule has 1 heterocycles. The number of benzene rings is 2. The average molecular weight is 398 g/mol. The summed E-state index contributed by atoms with van der Waals surface area (Å²) in [6.45, 7) is 4.04. The Kier molecular flexibility index (Phi) is 4.72. The van der Waals surface area contributed by atoms with Gasteiger partial charge in [-0.25, -0.2) is 13.1 Å². The van der Waals surface area contributed by atoms with Crippen molar-refractivity contribution in [1.29, 1.82) is 0 Å². The van der Waals surface area contributed by atoms with Crippen LogP contribution in [0.25, 0.3) is 11.0 Å². The molecule has 1 aromatic heterocycles. The lowest BCUT2D eigenvalue weighted by Crippen LogP contribution is -2.25. The minimum Gasteiger partial charge on any atom is -0.464 e. The van der Waals surface area contributed by atoms with E-state index >= 15 is 0 Å². The Morgan fingerprint density at radius 1 is 1.14 bits per heavy atom. The molecule has 6 nitrogen and oxygen atoms in total. The van der Waals surface area contributed by atoms with E-state index in [0.29, 0.717) is 5.69 Å². The van der Waals surface area contributed by atoms with Gasteiger partial charge in [-0.2, -0.15) is 0 Å². The van der Waals surface area contributed by atoms with Crippen LogP contribution in [-0.2, 0) is 21.2 Å². The molecule has 146 valence electrons. The molecule has 0 unspecified atom stereocenters. The second-order valence-corrected chi connectivity index (χ2v) is 9.06. The molecule has 4 rings (SSSR count). The Bertz CT molecular complexity index is 1160. The number of aryl methyl sites for hydroxylation is 2. The van der Waals surface area contributed by atoms with Crippen molar-refractivity contribution < 1.29 is 17.6 Å².